The number of pyridine rings is 2. The number of imidazole rings is 1. The molecule has 9 aromatic carbocycles. The normalized spacial score (nSPS) is 13.2. The third-order valence-electron chi connectivity index (χ3n) is 18.2. The van der Waals surface area contributed by atoms with E-state index in [1.54, 1.807) is 6.07 Å². The Morgan fingerprint density at radius 3 is 1.88 bits per heavy atom. The molecule has 4 aromatic heterocycles. The van der Waals surface area contributed by atoms with Crippen molar-refractivity contribution in [2.75, 3.05) is 4.90 Å². The Labute approximate surface area is 519 Å². The zero-order valence-corrected chi connectivity index (χ0v) is 54.2. The Kier molecular flexibility index (Phi) is 13.4. The molecule has 5 nitrogen and oxygen atoms in total. The summed E-state index contributed by atoms with van der Waals surface area (Å²) in [5.41, 5.74) is 27.1. The minimum Gasteiger partial charge on any atom is -0.333 e. The summed E-state index contributed by atoms with van der Waals surface area (Å²) in [6.07, 6.45) is 1.82. The van der Waals surface area contributed by atoms with Crippen LogP contribution in [0.25, 0.3) is 88.2 Å². The zero-order chi connectivity index (χ0) is 59.4. The maximum absolute atomic E-state index is 12.7. The zero-order valence-electron chi connectivity index (χ0n) is 51.8. The van der Waals surface area contributed by atoms with E-state index in [2.05, 4.69) is 254 Å². The molecule has 0 spiro atoms. The topological polar surface area (TPSA) is 38.4 Å². The number of aryl methyl sites for hydroxylation is 2. The van der Waals surface area contributed by atoms with Crippen LogP contribution in [-0.4, -0.2) is 25.6 Å². The molecule has 8 heteroatoms. The molecular formula is C78H71BFIrN5-2. The average Bonchev–Trinajstić information content (AvgIpc) is 1.33. The van der Waals surface area contributed by atoms with Gasteiger partial charge in [-0.25, -0.2) is 0 Å². The van der Waals surface area contributed by atoms with Gasteiger partial charge in [0.25, 0.3) is 6.71 Å². The van der Waals surface area contributed by atoms with E-state index in [-0.39, 0.29) is 54.3 Å². The number of halogens is 1. The first-order chi connectivity index (χ1) is 40.4. The first-order valence-electron chi connectivity index (χ1n) is 30.0. The largest absolute Gasteiger partial charge is 0.333 e. The van der Waals surface area contributed by atoms with Gasteiger partial charge in [-0.2, -0.15) is 0 Å². The molecule has 0 amide bonds. The predicted molar refractivity (Wildman–Crippen MR) is 358 cm³/mol. The second kappa shape index (κ2) is 20.2. The number of aromatic nitrogens is 4. The van der Waals surface area contributed by atoms with Gasteiger partial charge in [0.1, 0.15) is 0 Å². The number of benzene rings is 9. The Hall–Kier alpha value is -8.16. The van der Waals surface area contributed by atoms with Crippen molar-refractivity contribution in [1.29, 1.82) is 0 Å². The number of rotatable bonds is 3. The van der Waals surface area contributed by atoms with E-state index in [1.807, 2.05) is 32.2 Å². The van der Waals surface area contributed by atoms with Crippen molar-refractivity contribution in [2.24, 2.45) is 0 Å². The predicted octanol–water partition coefficient (Wildman–Crippen LogP) is 18.5. The Morgan fingerprint density at radius 1 is 0.512 bits per heavy atom. The summed E-state index contributed by atoms with van der Waals surface area (Å²) in [7, 11) is 0. The summed E-state index contributed by atoms with van der Waals surface area (Å²) in [5.74, 6) is -0.275. The van der Waals surface area contributed by atoms with Crippen molar-refractivity contribution in [3.05, 3.63) is 227 Å². The molecule has 2 aliphatic rings. The van der Waals surface area contributed by atoms with Crippen molar-refractivity contribution in [3.8, 4) is 28.1 Å². The molecule has 429 valence electrons. The van der Waals surface area contributed by atoms with Crippen molar-refractivity contribution in [2.45, 2.75) is 119 Å². The minimum absolute atomic E-state index is 0. The van der Waals surface area contributed by atoms with Gasteiger partial charge in [-0.3, -0.25) is 9.37 Å². The first-order valence-corrected chi connectivity index (χ1v) is 30.0. The number of anilines is 3. The van der Waals surface area contributed by atoms with E-state index in [0.29, 0.717) is 0 Å². The van der Waals surface area contributed by atoms with Crippen molar-refractivity contribution in [1.82, 2.24) is 18.9 Å². The van der Waals surface area contributed by atoms with Crippen molar-refractivity contribution < 1.29 is 24.5 Å². The summed E-state index contributed by atoms with van der Waals surface area (Å²) >= 11 is 0. The minimum atomic E-state index is -0.275. The average molecular weight is 1300 g/mol. The van der Waals surface area contributed by atoms with Gasteiger partial charge in [0.15, 0.2) is 0 Å². The van der Waals surface area contributed by atoms with Crippen LogP contribution in [0.2, 0.25) is 0 Å². The third kappa shape index (κ3) is 9.20. The first kappa shape index (κ1) is 56.9. The molecule has 86 heavy (non-hydrogen) atoms. The molecule has 0 unspecified atom stereocenters. The Morgan fingerprint density at radius 2 is 1.17 bits per heavy atom. The molecule has 1 radical (unpaired) electrons. The van der Waals surface area contributed by atoms with Crippen LogP contribution in [0.15, 0.2) is 176 Å². The van der Waals surface area contributed by atoms with Crippen LogP contribution in [0.3, 0.4) is 0 Å². The SMILES string of the molecule is CC(C)(C)c1ccc(N2c3ccc(C(C)(C)C)cc3B3c4c2cc(-c2cccc5nc6c7[c-]cccc7c7ccccc7n6c25)cc4-n2c4ccc(C(C)(C)C)cc4c4cc(C(C)(C)C)cc3c42)cc1.Cc1cnc(-c2[c-]cc(F)cc2)cc1C.[Ir]. The van der Waals surface area contributed by atoms with Gasteiger partial charge in [-0.15, -0.1) is 59.5 Å². The van der Waals surface area contributed by atoms with E-state index >= 15 is 0 Å². The number of hydrogen-bond donors (Lipinski definition) is 0. The molecule has 2 aliphatic heterocycles. The van der Waals surface area contributed by atoms with Gasteiger partial charge >= 0.3 is 0 Å². The molecule has 0 atom stereocenters. The van der Waals surface area contributed by atoms with Crippen molar-refractivity contribution in [3.63, 3.8) is 0 Å². The summed E-state index contributed by atoms with van der Waals surface area (Å²) in [6.45, 7) is 32.1. The third-order valence-corrected chi connectivity index (χ3v) is 18.2. The quantitative estimate of drug-likeness (QED) is 0.101. The molecule has 15 rings (SSSR count). The molecule has 0 bridgehead atoms. The second-order valence-corrected chi connectivity index (χ2v) is 28.0. The molecule has 13 aromatic rings. The summed E-state index contributed by atoms with van der Waals surface area (Å²) in [6, 6.07) is 68.8. The van der Waals surface area contributed by atoms with Crippen molar-refractivity contribution >= 4 is 100 Å². The van der Waals surface area contributed by atoms with Gasteiger partial charge in [0.05, 0.1) is 22.2 Å². The van der Waals surface area contributed by atoms with E-state index in [4.69, 9.17) is 4.98 Å². The molecule has 0 saturated carbocycles. The van der Waals surface area contributed by atoms with Gasteiger partial charge < -0.3 is 18.9 Å². The summed E-state index contributed by atoms with van der Waals surface area (Å²) < 4.78 is 17.7. The van der Waals surface area contributed by atoms with Crippen LogP contribution < -0.4 is 21.3 Å². The summed E-state index contributed by atoms with van der Waals surface area (Å²) in [4.78, 5) is 12.3. The van der Waals surface area contributed by atoms with Crippen LogP contribution in [0, 0.1) is 31.8 Å². The molecule has 0 N–H and O–H groups in total. The molecule has 0 saturated heterocycles. The monoisotopic (exact) mass is 1300 g/mol. The smallest absolute Gasteiger partial charge is 0.252 e. The fraction of sp³-hybridized carbons (Fsp3) is 0.231. The van der Waals surface area contributed by atoms with Gasteiger partial charge in [0, 0.05) is 82.2 Å². The molecule has 0 fully saturated rings. The van der Waals surface area contributed by atoms with Crippen LogP contribution in [-0.2, 0) is 41.8 Å². The van der Waals surface area contributed by atoms with E-state index < -0.39 is 0 Å². The van der Waals surface area contributed by atoms with E-state index in [9.17, 15) is 4.39 Å². The van der Waals surface area contributed by atoms with Crippen LogP contribution in [0.4, 0.5) is 21.5 Å². The van der Waals surface area contributed by atoms with Gasteiger partial charge in [0.2, 0.25) is 0 Å². The van der Waals surface area contributed by atoms with E-state index in [0.717, 1.165) is 61.2 Å². The van der Waals surface area contributed by atoms with Crippen LogP contribution in [0.5, 0.6) is 0 Å². The Balaban J connectivity index is 0.000000375. The molecule has 6 heterocycles. The fourth-order valence-electron chi connectivity index (χ4n) is 13.3. The number of hydrogen-bond acceptors (Lipinski definition) is 3. The van der Waals surface area contributed by atoms with Crippen LogP contribution >= 0.6 is 0 Å². The van der Waals surface area contributed by atoms with Gasteiger partial charge in [-0.1, -0.05) is 167 Å². The van der Waals surface area contributed by atoms with Gasteiger partial charge in [-0.05, 0) is 157 Å². The molecule has 0 aliphatic carbocycles. The number of para-hydroxylation sites is 2. The van der Waals surface area contributed by atoms with Crippen LogP contribution in [0.1, 0.15) is 116 Å². The maximum Gasteiger partial charge on any atom is 0.252 e. The fourth-order valence-corrected chi connectivity index (χ4v) is 13.3. The number of fused-ring (bicyclic) bond motifs is 15. The van der Waals surface area contributed by atoms with E-state index in [1.165, 1.54) is 106 Å². The number of nitrogens with zero attached hydrogens (tertiary/aromatic N) is 5. The standard InChI is InChI=1S/C65H60BN4.C13H11FN.Ir/c1-62(2,3)39-24-28-43(29-25-39)68-55-31-27-41(64(7,8)9)36-50(55)66-51-37-42(65(10,11)12)35-49-48-34-40(63(4,5)6)26-30-54(48)69(59(49)51)57-33-38(32-56(68)58(57)66)44-21-17-22-52-60(44)70-53-23-16-15-19-46(53)45-18-13-14-20-47(45)61(70)67-52;1-9-7-13(15-8-10(9)2)11-3-5-12(14)6-4-11;/h13-19,21-37H,1-12H3;3,5-8H,1-2H3;/q2*-1;. The molecular weight excluding hydrogens is 1230 g/mol. The summed E-state index contributed by atoms with van der Waals surface area (Å²) in [5, 5.41) is 6.03. The second-order valence-electron chi connectivity index (χ2n) is 28.0. The maximum atomic E-state index is 12.7. The Bertz CT molecular complexity index is 4910.